The number of carbonyl (C=O) groups is 2. The third-order valence-electron chi connectivity index (χ3n) is 3.14. The second-order valence-corrected chi connectivity index (χ2v) is 4.72. The molecule has 0 heterocycles. The number of nitrogens with one attached hydrogen (secondary N) is 1. The summed E-state index contributed by atoms with van der Waals surface area (Å²) in [7, 11) is 2.83. The molecule has 0 aromatic heterocycles. The first-order valence-corrected chi connectivity index (χ1v) is 6.48. The molecular formula is C14H17NO6. The fourth-order valence-electron chi connectivity index (χ4n) is 1.78. The number of methoxy groups -OCH3 is 2. The summed E-state index contributed by atoms with van der Waals surface area (Å²) < 4.78 is 15.2. The number of amides is 1. The van der Waals surface area contributed by atoms with Crippen LogP contribution in [-0.4, -0.2) is 38.0 Å². The van der Waals surface area contributed by atoms with Gasteiger partial charge in [-0.05, 0) is 18.8 Å². The monoisotopic (exact) mass is 295 g/mol. The number of aromatic carboxylic acids is 1. The van der Waals surface area contributed by atoms with Gasteiger partial charge in [0, 0.05) is 12.1 Å². The lowest BCUT2D eigenvalue weighted by molar-refractivity contribution is 0.0697. The number of carboxylic acid groups (broad SMARTS) is 1. The Bertz CT molecular complexity index is 553. The number of carboxylic acids is 1. The molecule has 0 aliphatic heterocycles. The second kappa shape index (κ2) is 6.34. The molecule has 2 rings (SSSR count). The Kier molecular flexibility index (Phi) is 4.52. The highest BCUT2D eigenvalue weighted by Gasteiger charge is 2.24. The molecule has 7 heteroatoms. The van der Waals surface area contributed by atoms with Crippen molar-refractivity contribution in [3.8, 4) is 11.5 Å². The van der Waals surface area contributed by atoms with Crippen LogP contribution in [-0.2, 0) is 4.74 Å². The van der Waals surface area contributed by atoms with Gasteiger partial charge in [-0.3, -0.25) is 5.32 Å². The van der Waals surface area contributed by atoms with E-state index in [-0.39, 0.29) is 17.0 Å². The van der Waals surface area contributed by atoms with E-state index in [4.69, 9.17) is 14.2 Å². The Hall–Kier alpha value is -2.44. The molecule has 1 saturated carbocycles. The molecule has 0 bridgehead atoms. The fraction of sp³-hybridized carbons (Fsp3) is 0.429. The molecule has 0 saturated heterocycles. The number of carbonyl (C=O) groups excluding carboxylic acids is 1. The van der Waals surface area contributed by atoms with Crippen molar-refractivity contribution < 1.29 is 28.9 Å². The number of benzene rings is 1. The molecule has 1 amide bonds. The van der Waals surface area contributed by atoms with E-state index >= 15 is 0 Å². The quantitative estimate of drug-likeness (QED) is 0.836. The van der Waals surface area contributed by atoms with Crippen LogP contribution in [0.4, 0.5) is 10.5 Å². The highest BCUT2D eigenvalue weighted by atomic mass is 16.5. The smallest absolute Gasteiger partial charge is 0.411 e. The van der Waals surface area contributed by atoms with Crippen LogP contribution in [0.5, 0.6) is 11.5 Å². The second-order valence-electron chi connectivity index (χ2n) is 4.72. The molecule has 1 aliphatic carbocycles. The lowest BCUT2D eigenvalue weighted by atomic mass is 10.1. The van der Waals surface area contributed by atoms with Crippen LogP contribution in [0.3, 0.4) is 0 Å². The molecule has 0 spiro atoms. The zero-order valence-electron chi connectivity index (χ0n) is 11.8. The molecule has 7 nitrogen and oxygen atoms in total. The molecular weight excluding hydrogens is 278 g/mol. The third kappa shape index (κ3) is 3.77. The van der Waals surface area contributed by atoms with Crippen molar-refractivity contribution in [1.82, 2.24) is 0 Å². The zero-order valence-corrected chi connectivity index (χ0v) is 11.8. The molecule has 1 fully saturated rings. The van der Waals surface area contributed by atoms with Gasteiger partial charge < -0.3 is 19.3 Å². The standard InChI is InChI=1S/C14H17NO6/c1-19-11-5-9(13(16)17)10(6-12(11)20-2)15-14(18)21-7-8-3-4-8/h5-6,8H,3-4,7H2,1-2H3,(H,15,18)(H,16,17). The van der Waals surface area contributed by atoms with E-state index in [1.807, 2.05) is 0 Å². The van der Waals surface area contributed by atoms with E-state index < -0.39 is 12.1 Å². The summed E-state index contributed by atoms with van der Waals surface area (Å²) in [6.07, 6.45) is 1.44. The maximum absolute atomic E-state index is 11.7. The number of hydrogen-bond acceptors (Lipinski definition) is 5. The molecule has 0 unspecified atom stereocenters. The minimum absolute atomic E-state index is 0.0981. The summed E-state index contributed by atoms with van der Waals surface area (Å²) in [6, 6.07) is 2.68. The van der Waals surface area contributed by atoms with Gasteiger partial charge in [-0.15, -0.1) is 0 Å². The lowest BCUT2D eigenvalue weighted by Crippen LogP contribution is -2.17. The van der Waals surface area contributed by atoms with Crippen LogP contribution in [0, 0.1) is 5.92 Å². The van der Waals surface area contributed by atoms with Gasteiger partial charge in [0.2, 0.25) is 0 Å². The van der Waals surface area contributed by atoms with Gasteiger partial charge in [0.1, 0.15) is 0 Å². The average molecular weight is 295 g/mol. The Labute approximate surface area is 121 Å². The van der Waals surface area contributed by atoms with Gasteiger partial charge in [0.15, 0.2) is 11.5 Å². The van der Waals surface area contributed by atoms with Crippen LogP contribution < -0.4 is 14.8 Å². The predicted octanol–water partition coefficient (Wildman–Crippen LogP) is 2.36. The van der Waals surface area contributed by atoms with E-state index in [0.29, 0.717) is 18.3 Å². The van der Waals surface area contributed by atoms with Gasteiger partial charge in [-0.1, -0.05) is 0 Å². The molecule has 114 valence electrons. The van der Waals surface area contributed by atoms with Crippen molar-refractivity contribution in [3.05, 3.63) is 17.7 Å². The summed E-state index contributed by atoms with van der Waals surface area (Å²) in [6.45, 7) is 0.349. The largest absolute Gasteiger partial charge is 0.493 e. The topological polar surface area (TPSA) is 94.1 Å². The van der Waals surface area contributed by atoms with Gasteiger partial charge >= 0.3 is 12.1 Å². The molecule has 2 N–H and O–H groups in total. The summed E-state index contributed by atoms with van der Waals surface area (Å²) in [5.74, 6) is -0.166. The van der Waals surface area contributed by atoms with Crippen LogP contribution >= 0.6 is 0 Å². The van der Waals surface area contributed by atoms with Crippen molar-refractivity contribution in [3.63, 3.8) is 0 Å². The maximum atomic E-state index is 11.7. The minimum Gasteiger partial charge on any atom is -0.493 e. The Morgan fingerprint density at radius 2 is 1.86 bits per heavy atom. The highest BCUT2D eigenvalue weighted by molar-refractivity contribution is 5.99. The van der Waals surface area contributed by atoms with Crippen molar-refractivity contribution >= 4 is 17.7 Å². The normalized spacial score (nSPS) is 13.4. The Morgan fingerprint density at radius 3 is 2.38 bits per heavy atom. The van der Waals surface area contributed by atoms with E-state index in [1.54, 1.807) is 0 Å². The summed E-state index contributed by atoms with van der Waals surface area (Å²) >= 11 is 0. The van der Waals surface area contributed by atoms with Gasteiger partial charge in [0.25, 0.3) is 0 Å². The molecule has 0 radical (unpaired) electrons. The molecule has 1 aliphatic rings. The summed E-state index contributed by atoms with van der Waals surface area (Å²) in [5, 5.41) is 11.6. The number of ether oxygens (including phenoxy) is 3. The van der Waals surface area contributed by atoms with Crippen LogP contribution in [0.25, 0.3) is 0 Å². The zero-order chi connectivity index (χ0) is 15.4. The van der Waals surface area contributed by atoms with Gasteiger partial charge in [0.05, 0.1) is 32.1 Å². The predicted molar refractivity (Wildman–Crippen MR) is 74.2 cm³/mol. The van der Waals surface area contributed by atoms with Crippen molar-refractivity contribution in [1.29, 1.82) is 0 Å². The third-order valence-corrected chi connectivity index (χ3v) is 3.14. The molecule has 21 heavy (non-hydrogen) atoms. The summed E-state index contributed by atoms with van der Waals surface area (Å²) in [4.78, 5) is 22.9. The number of hydrogen-bond donors (Lipinski definition) is 2. The minimum atomic E-state index is -1.19. The highest BCUT2D eigenvalue weighted by Crippen LogP contribution is 2.33. The average Bonchev–Trinajstić information content (AvgIpc) is 3.28. The number of rotatable bonds is 6. The van der Waals surface area contributed by atoms with Gasteiger partial charge in [-0.2, -0.15) is 0 Å². The summed E-state index contributed by atoms with van der Waals surface area (Å²) in [5.41, 5.74) is -0.00281. The van der Waals surface area contributed by atoms with Crippen LogP contribution in [0.1, 0.15) is 23.2 Å². The maximum Gasteiger partial charge on any atom is 0.411 e. The van der Waals surface area contributed by atoms with E-state index in [0.717, 1.165) is 12.8 Å². The van der Waals surface area contributed by atoms with Crippen LogP contribution in [0.2, 0.25) is 0 Å². The Morgan fingerprint density at radius 1 is 1.24 bits per heavy atom. The van der Waals surface area contributed by atoms with Crippen LogP contribution in [0.15, 0.2) is 12.1 Å². The van der Waals surface area contributed by atoms with Crippen molar-refractivity contribution in [2.75, 3.05) is 26.1 Å². The first-order chi connectivity index (χ1) is 10.0. The first-order valence-electron chi connectivity index (χ1n) is 6.48. The Balaban J connectivity index is 2.18. The number of anilines is 1. The van der Waals surface area contributed by atoms with E-state index in [9.17, 15) is 14.7 Å². The SMILES string of the molecule is COc1cc(NC(=O)OCC2CC2)c(C(=O)O)cc1OC. The van der Waals surface area contributed by atoms with Crippen molar-refractivity contribution in [2.45, 2.75) is 12.8 Å². The fourth-order valence-corrected chi connectivity index (χ4v) is 1.78. The lowest BCUT2D eigenvalue weighted by Gasteiger charge is -2.13. The first kappa shape index (κ1) is 15.0. The van der Waals surface area contributed by atoms with Crippen molar-refractivity contribution in [2.24, 2.45) is 5.92 Å². The van der Waals surface area contributed by atoms with E-state index in [1.165, 1.54) is 26.4 Å². The van der Waals surface area contributed by atoms with E-state index in [2.05, 4.69) is 5.32 Å². The van der Waals surface area contributed by atoms with Gasteiger partial charge in [-0.25, -0.2) is 9.59 Å². The molecule has 0 atom stereocenters. The molecule has 1 aromatic rings. The molecule has 1 aromatic carbocycles.